The fourth-order valence-corrected chi connectivity index (χ4v) is 4.99. The second-order valence-electron chi connectivity index (χ2n) is 11.0. The largest absolute Gasteiger partial charge is 0.491 e. The lowest BCUT2D eigenvalue weighted by molar-refractivity contribution is 0.203. The minimum absolute atomic E-state index is 0.127. The molecular formula is C35H36N6O4. The lowest BCUT2D eigenvalue weighted by Crippen LogP contribution is -2.34. The van der Waals surface area contributed by atoms with E-state index in [2.05, 4.69) is 29.2 Å². The summed E-state index contributed by atoms with van der Waals surface area (Å²) >= 11 is 0. The molecule has 0 aliphatic rings. The number of rotatable bonds is 11. The van der Waals surface area contributed by atoms with E-state index in [1.54, 1.807) is 24.8 Å². The van der Waals surface area contributed by atoms with Gasteiger partial charge in [0.05, 0.1) is 45.6 Å². The van der Waals surface area contributed by atoms with E-state index < -0.39 is 6.09 Å². The van der Waals surface area contributed by atoms with E-state index in [4.69, 9.17) is 9.47 Å². The molecule has 230 valence electrons. The van der Waals surface area contributed by atoms with Gasteiger partial charge in [-0.15, -0.1) is 0 Å². The Balaban J connectivity index is 1.17. The number of ether oxygens (including phenoxy) is 2. The molecular weight excluding hydrogens is 568 g/mol. The highest BCUT2D eigenvalue weighted by atomic mass is 16.5. The molecule has 0 bridgehead atoms. The zero-order chi connectivity index (χ0) is 31.5. The van der Waals surface area contributed by atoms with Crippen LogP contribution < -0.4 is 19.9 Å². The number of benzene rings is 4. The SMILES string of the molecule is CCC(C)Oc1ccc2c(c1)ncn2-c1ccc(NN(C(=O)O)c2ccc(-n3cnc4cc(OC(C)CC)ccc43)cc2)cc1. The number of hydrogen-bond donors (Lipinski definition) is 2. The predicted molar refractivity (Wildman–Crippen MR) is 177 cm³/mol. The molecule has 2 atom stereocenters. The van der Waals surface area contributed by atoms with Gasteiger partial charge < -0.3 is 14.6 Å². The molecule has 1 amide bonds. The number of aromatic nitrogens is 4. The summed E-state index contributed by atoms with van der Waals surface area (Å²) in [5.74, 6) is 1.58. The van der Waals surface area contributed by atoms with Crippen molar-refractivity contribution in [2.75, 3.05) is 10.4 Å². The predicted octanol–water partition coefficient (Wildman–Crippen LogP) is 8.23. The summed E-state index contributed by atoms with van der Waals surface area (Å²) in [7, 11) is 0. The van der Waals surface area contributed by atoms with Crippen molar-refractivity contribution >= 4 is 39.5 Å². The molecule has 10 nitrogen and oxygen atoms in total. The third-order valence-corrected chi connectivity index (χ3v) is 7.83. The Morgan fingerprint density at radius 3 is 1.67 bits per heavy atom. The van der Waals surface area contributed by atoms with Gasteiger partial charge in [0.1, 0.15) is 24.2 Å². The Labute approximate surface area is 261 Å². The number of nitrogens with zero attached hydrogens (tertiary/aromatic N) is 5. The van der Waals surface area contributed by atoms with Crippen molar-refractivity contribution in [2.24, 2.45) is 0 Å². The molecule has 0 saturated carbocycles. The van der Waals surface area contributed by atoms with Gasteiger partial charge in [0.25, 0.3) is 0 Å². The zero-order valence-corrected chi connectivity index (χ0v) is 25.7. The minimum Gasteiger partial charge on any atom is -0.491 e. The van der Waals surface area contributed by atoms with Crippen LogP contribution in [0.3, 0.4) is 0 Å². The molecule has 2 aromatic heterocycles. The van der Waals surface area contributed by atoms with E-state index in [0.29, 0.717) is 11.4 Å². The second-order valence-corrected chi connectivity index (χ2v) is 11.0. The maximum atomic E-state index is 12.3. The third-order valence-electron chi connectivity index (χ3n) is 7.83. The van der Waals surface area contributed by atoms with Crippen LogP contribution in [-0.2, 0) is 0 Å². The summed E-state index contributed by atoms with van der Waals surface area (Å²) < 4.78 is 15.8. The third kappa shape index (κ3) is 6.26. The van der Waals surface area contributed by atoms with Gasteiger partial charge in [0.2, 0.25) is 0 Å². The van der Waals surface area contributed by atoms with Gasteiger partial charge in [0, 0.05) is 23.5 Å². The van der Waals surface area contributed by atoms with Gasteiger partial charge in [-0.1, -0.05) is 13.8 Å². The van der Waals surface area contributed by atoms with E-state index in [1.165, 1.54) is 0 Å². The fourth-order valence-electron chi connectivity index (χ4n) is 4.99. The molecule has 0 aliphatic carbocycles. The number of fused-ring (bicyclic) bond motifs is 2. The van der Waals surface area contributed by atoms with Crippen LogP contribution in [0.15, 0.2) is 97.6 Å². The van der Waals surface area contributed by atoms with Gasteiger partial charge in [-0.05, 0) is 99.5 Å². The number of carboxylic acid groups (broad SMARTS) is 1. The Morgan fingerprint density at radius 1 is 0.756 bits per heavy atom. The summed E-state index contributed by atoms with van der Waals surface area (Å²) in [4.78, 5) is 21.3. The average molecular weight is 605 g/mol. The van der Waals surface area contributed by atoms with Crippen LogP contribution in [0.4, 0.5) is 16.2 Å². The van der Waals surface area contributed by atoms with Crippen LogP contribution in [0.2, 0.25) is 0 Å². The zero-order valence-electron chi connectivity index (χ0n) is 25.7. The van der Waals surface area contributed by atoms with E-state index in [9.17, 15) is 9.90 Å². The number of hydrazine groups is 1. The van der Waals surface area contributed by atoms with Crippen LogP contribution in [0.5, 0.6) is 11.5 Å². The minimum atomic E-state index is -1.13. The van der Waals surface area contributed by atoms with E-state index in [0.717, 1.165) is 62.8 Å². The fraction of sp³-hybridized carbons (Fsp3) is 0.229. The van der Waals surface area contributed by atoms with Crippen LogP contribution in [0.1, 0.15) is 40.5 Å². The van der Waals surface area contributed by atoms with Crippen molar-refractivity contribution in [3.8, 4) is 22.9 Å². The average Bonchev–Trinajstić information content (AvgIpc) is 3.67. The highest BCUT2D eigenvalue weighted by Gasteiger charge is 2.16. The highest BCUT2D eigenvalue weighted by molar-refractivity contribution is 5.89. The highest BCUT2D eigenvalue weighted by Crippen LogP contribution is 2.27. The first-order valence-electron chi connectivity index (χ1n) is 15.1. The molecule has 2 heterocycles. The van der Waals surface area contributed by atoms with E-state index in [-0.39, 0.29) is 12.2 Å². The summed E-state index contributed by atoms with van der Waals surface area (Å²) in [5, 5.41) is 11.1. The van der Waals surface area contributed by atoms with Gasteiger partial charge in [-0.2, -0.15) is 5.01 Å². The van der Waals surface area contributed by atoms with Crippen molar-refractivity contribution in [1.29, 1.82) is 0 Å². The first kappa shape index (κ1) is 29.6. The maximum Gasteiger partial charge on any atom is 0.430 e. The quantitative estimate of drug-likeness (QED) is 0.143. The van der Waals surface area contributed by atoms with E-state index >= 15 is 0 Å². The standard InChI is InChI=1S/C35H36N6O4/c1-5-23(3)44-29-15-17-33-31(19-29)36-21-39(33)26-9-7-25(8-10-26)38-41(35(42)43)28-13-11-27(12-14-28)40-22-37-32-20-30(16-18-34(32)40)45-24(4)6-2/h7-24,38H,5-6H2,1-4H3,(H,42,43). The Bertz CT molecular complexity index is 1930. The molecule has 0 aliphatic heterocycles. The molecule has 2 N–H and O–H groups in total. The number of amides is 1. The number of hydrogen-bond acceptors (Lipinski definition) is 6. The van der Waals surface area contributed by atoms with Gasteiger partial charge in [-0.3, -0.25) is 14.6 Å². The van der Waals surface area contributed by atoms with Crippen molar-refractivity contribution in [1.82, 2.24) is 19.1 Å². The molecule has 2 unspecified atom stereocenters. The summed E-state index contributed by atoms with van der Waals surface area (Å²) in [5.41, 5.74) is 9.39. The molecule has 45 heavy (non-hydrogen) atoms. The number of anilines is 2. The maximum absolute atomic E-state index is 12.3. The number of carbonyl (C=O) groups is 1. The Kier molecular flexibility index (Phi) is 8.28. The Hall–Kier alpha value is -5.51. The monoisotopic (exact) mass is 604 g/mol. The molecule has 0 saturated heterocycles. The molecule has 6 aromatic rings. The molecule has 10 heteroatoms. The first-order valence-corrected chi connectivity index (χ1v) is 15.1. The summed E-state index contributed by atoms with van der Waals surface area (Å²) in [6.07, 6.45) is 4.50. The van der Waals surface area contributed by atoms with Crippen molar-refractivity contribution in [2.45, 2.75) is 52.7 Å². The van der Waals surface area contributed by atoms with Crippen molar-refractivity contribution in [3.63, 3.8) is 0 Å². The van der Waals surface area contributed by atoms with Crippen LogP contribution in [0.25, 0.3) is 33.4 Å². The van der Waals surface area contributed by atoms with Crippen molar-refractivity contribution in [3.05, 3.63) is 97.6 Å². The van der Waals surface area contributed by atoms with Gasteiger partial charge >= 0.3 is 6.09 Å². The molecule has 0 radical (unpaired) electrons. The molecule has 0 fully saturated rings. The summed E-state index contributed by atoms with van der Waals surface area (Å²) in [6.45, 7) is 8.26. The summed E-state index contributed by atoms with van der Waals surface area (Å²) in [6, 6.07) is 26.5. The molecule has 0 spiro atoms. The number of nitrogens with one attached hydrogen (secondary N) is 1. The lowest BCUT2D eigenvalue weighted by Gasteiger charge is -2.22. The smallest absolute Gasteiger partial charge is 0.430 e. The molecule has 6 rings (SSSR count). The van der Waals surface area contributed by atoms with Crippen LogP contribution in [-0.4, -0.2) is 42.5 Å². The van der Waals surface area contributed by atoms with Crippen molar-refractivity contribution < 1.29 is 19.4 Å². The second kappa shape index (κ2) is 12.6. The molecule has 4 aromatic carbocycles. The lowest BCUT2D eigenvalue weighted by atomic mass is 10.2. The Morgan fingerprint density at radius 2 is 1.22 bits per heavy atom. The van der Waals surface area contributed by atoms with E-state index in [1.807, 2.05) is 95.8 Å². The van der Waals surface area contributed by atoms with Crippen LogP contribution >= 0.6 is 0 Å². The van der Waals surface area contributed by atoms with Gasteiger partial charge in [-0.25, -0.2) is 14.8 Å². The normalized spacial score (nSPS) is 12.6. The number of imidazole rings is 2. The topological polar surface area (TPSA) is 107 Å². The first-order chi connectivity index (χ1) is 21.8. The van der Waals surface area contributed by atoms with Crippen LogP contribution in [0, 0.1) is 0 Å². The van der Waals surface area contributed by atoms with Gasteiger partial charge in [0.15, 0.2) is 0 Å².